The number of aryl methyl sites for hydroxylation is 1. The first-order valence-electron chi connectivity index (χ1n) is 11.4. The van der Waals surface area contributed by atoms with Gasteiger partial charge in [-0.1, -0.05) is 24.3 Å². The van der Waals surface area contributed by atoms with Gasteiger partial charge in [0.05, 0.1) is 25.4 Å². The van der Waals surface area contributed by atoms with Crippen LogP contribution in [0.2, 0.25) is 0 Å². The highest BCUT2D eigenvalue weighted by Crippen LogP contribution is 2.46. The third kappa shape index (κ3) is 7.42. The van der Waals surface area contributed by atoms with Gasteiger partial charge in [-0.25, -0.2) is 19.4 Å². The van der Waals surface area contributed by atoms with Crippen LogP contribution < -0.4 is 16.5 Å². The molecule has 0 aliphatic carbocycles. The van der Waals surface area contributed by atoms with Crippen LogP contribution in [-0.2, 0) is 34.5 Å². The van der Waals surface area contributed by atoms with E-state index in [0.29, 0.717) is 0 Å². The van der Waals surface area contributed by atoms with E-state index in [0.717, 1.165) is 15.7 Å². The fourth-order valence-electron chi connectivity index (χ4n) is 3.42. The molecule has 1 aliphatic heterocycles. The van der Waals surface area contributed by atoms with E-state index in [1.807, 2.05) is 31.2 Å². The van der Waals surface area contributed by atoms with Crippen LogP contribution in [0, 0.1) is 6.92 Å². The van der Waals surface area contributed by atoms with Crippen LogP contribution in [0.25, 0.3) is 0 Å². The molecule has 0 spiro atoms. The number of nitrogens with two attached hydrogens (primary N) is 1. The number of aliphatic hydroxyl groups is 1. The Labute approximate surface area is 208 Å². The van der Waals surface area contributed by atoms with E-state index in [4.69, 9.17) is 24.3 Å². The van der Waals surface area contributed by atoms with Gasteiger partial charge in [0.15, 0.2) is 0 Å². The van der Waals surface area contributed by atoms with Crippen molar-refractivity contribution >= 4 is 19.7 Å². The minimum atomic E-state index is -4.10. The molecule has 1 aliphatic rings. The summed E-state index contributed by atoms with van der Waals surface area (Å²) >= 11 is 0. The third-order valence-electron chi connectivity index (χ3n) is 5.38. The molecule has 1 saturated heterocycles. The number of hydrogen-bond donors (Lipinski definition) is 3. The SMILES string of the molecule is Cc1ccccc1CO[P@](=O)(N[C@@H](C)C(=O)OC(C)C)OCC1OC(n2cnc(N)nc2=O)CC1O. The second-order valence-corrected chi connectivity index (χ2v) is 10.4. The van der Waals surface area contributed by atoms with Crippen molar-refractivity contribution in [3.05, 3.63) is 52.2 Å². The van der Waals surface area contributed by atoms with Crippen LogP contribution >= 0.6 is 7.75 Å². The van der Waals surface area contributed by atoms with E-state index < -0.39 is 43.9 Å². The lowest BCUT2D eigenvalue weighted by molar-refractivity contribution is -0.149. The van der Waals surface area contributed by atoms with Crippen molar-refractivity contribution in [1.29, 1.82) is 0 Å². The van der Waals surface area contributed by atoms with Crippen LogP contribution in [-0.4, -0.2) is 56.6 Å². The molecule has 0 bridgehead atoms. The van der Waals surface area contributed by atoms with Gasteiger partial charge in [-0.2, -0.15) is 4.98 Å². The molecule has 198 valence electrons. The molecule has 0 amide bonds. The fraction of sp³-hybridized carbons (Fsp3) is 0.545. The zero-order chi connectivity index (χ0) is 26.5. The summed E-state index contributed by atoms with van der Waals surface area (Å²) in [6.07, 6.45) is -2.02. The lowest BCUT2D eigenvalue weighted by atomic mass is 10.1. The predicted molar refractivity (Wildman–Crippen MR) is 129 cm³/mol. The van der Waals surface area contributed by atoms with Crippen molar-refractivity contribution in [1.82, 2.24) is 19.6 Å². The first-order valence-corrected chi connectivity index (χ1v) is 13.0. The van der Waals surface area contributed by atoms with E-state index >= 15 is 0 Å². The Hall–Kier alpha value is -2.67. The number of esters is 1. The van der Waals surface area contributed by atoms with E-state index in [1.54, 1.807) is 13.8 Å². The van der Waals surface area contributed by atoms with Crippen LogP contribution in [0.4, 0.5) is 5.95 Å². The van der Waals surface area contributed by atoms with Gasteiger partial charge in [0.1, 0.15) is 24.7 Å². The lowest BCUT2D eigenvalue weighted by Crippen LogP contribution is -2.36. The summed E-state index contributed by atoms with van der Waals surface area (Å²) in [5, 5.41) is 13.1. The fourth-order valence-corrected chi connectivity index (χ4v) is 4.88. The van der Waals surface area contributed by atoms with Gasteiger partial charge in [0.2, 0.25) is 5.95 Å². The van der Waals surface area contributed by atoms with Crippen LogP contribution in [0.5, 0.6) is 0 Å². The Morgan fingerprint density at radius 1 is 1.33 bits per heavy atom. The number of aliphatic hydroxyl groups excluding tert-OH is 1. The summed E-state index contributed by atoms with van der Waals surface area (Å²) < 4.78 is 36.9. The molecule has 3 rings (SSSR count). The topological polar surface area (TPSA) is 177 Å². The highest BCUT2D eigenvalue weighted by atomic mass is 31.2. The Morgan fingerprint density at radius 2 is 2.06 bits per heavy atom. The minimum absolute atomic E-state index is 0.0418. The summed E-state index contributed by atoms with van der Waals surface area (Å²) in [5.41, 5.74) is 6.43. The first kappa shape index (κ1) is 27.9. The van der Waals surface area contributed by atoms with E-state index in [-0.39, 0.29) is 31.7 Å². The average Bonchev–Trinajstić information content (AvgIpc) is 3.17. The van der Waals surface area contributed by atoms with Crippen molar-refractivity contribution in [2.75, 3.05) is 12.3 Å². The molecule has 1 fully saturated rings. The molecule has 1 aromatic carbocycles. The first-order chi connectivity index (χ1) is 17.0. The molecule has 0 saturated carbocycles. The maximum Gasteiger partial charge on any atom is 0.406 e. The average molecular weight is 525 g/mol. The number of rotatable bonds is 11. The van der Waals surface area contributed by atoms with Gasteiger partial charge >= 0.3 is 19.4 Å². The van der Waals surface area contributed by atoms with Crippen molar-refractivity contribution < 1.29 is 33.0 Å². The van der Waals surface area contributed by atoms with Gasteiger partial charge in [0, 0.05) is 6.42 Å². The van der Waals surface area contributed by atoms with Crippen molar-refractivity contribution in [3.8, 4) is 0 Å². The Bertz CT molecular complexity index is 1160. The quantitative estimate of drug-likeness (QED) is 0.285. The Balaban J connectivity index is 1.70. The van der Waals surface area contributed by atoms with Crippen LogP contribution in [0.15, 0.2) is 35.4 Å². The third-order valence-corrected chi connectivity index (χ3v) is 7.04. The normalized spacial score (nSPS) is 22.3. The van der Waals surface area contributed by atoms with Crippen molar-refractivity contribution in [2.24, 2.45) is 0 Å². The molecule has 2 heterocycles. The number of aromatic nitrogens is 3. The number of nitrogen functional groups attached to an aromatic ring is 1. The number of benzene rings is 1. The van der Waals surface area contributed by atoms with Crippen LogP contribution in [0.1, 0.15) is 44.5 Å². The predicted octanol–water partition coefficient (Wildman–Crippen LogP) is 1.45. The van der Waals surface area contributed by atoms with E-state index in [2.05, 4.69) is 15.1 Å². The number of nitrogens with one attached hydrogen (secondary N) is 1. The van der Waals surface area contributed by atoms with Gasteiger partial charge in [-0.05, 0) is 38.8 Å². The van der Waals surface area contributed by atoms with Gasteiger partial charge in [-0.15, -0.1) is 0 Å². The maximum absolute atomic E-state index is 13.6. The number of carbonyl (C=O) groups is 1. The lowest BCUT2D eigenvalue weighted by Gasteiger charge is -2.25. The van der Waals surface area contributed by atoms with E-state index in [9.17, 15) is 19.3 Å². The summed E-state index contributed by atoms with van der Waals surface area (Å²) in [5.74, 6) is -0.814. The second-order valence-electron chi connectivity index (χ2n) is 8.67. The molecule has 13 nitrogen and oxygen atoms in total. The van der Waals surface area contributed by atoms with Gasteiger partial charge in [0.25, 0.3) is 0 Å². The zero-order valence-corrected chi connectivity index (χ0v) is 21.5. The summed E-state index contributed by atoms with van der Waals surface area (Å²) in [7, 11) is -4.10. The van der Waals surface area contributed by atoms with Crippen molar-refractivity contribution in [2.45, 2.75) is 71.3 Å². The van der Waals surface area contributed by atoms with Gasteiger partial charge in [-0.3, -0.25) is 18.4 Å². The molecule has 0 radical (unpaired) electrons. The molecule has 1 aromatic heterocycles. The maximum atomic E-state index is 13.6. The monoisotopic (exact) mass is 525 g/mol. The Morgan fingerprint density at radius 3 is 2.72 bits per heavy atom. The molecule has 14 heteroatoms. The smallest absolute Gasteiger partial charge is 0.406 e. The molecular formula is C22H32N5O8P. The second kappa shape index (κ2) is 12.0. The molecule has 2 aromatic rings. The molecule has 3 unspecified atom stereocenters. The molecule has 5 atom stereocenters. The van der Waals surface area contributed by atoms with Crippen LogP contribution in [0.3, 0.4) is 0 Å². The Kier molecular flexibility index (Phi) is 9.34. The minimum Gasteiger partial charge on any atom is -0.462 e. The highest BCUT2D eigenvalue weighted by Gasteiger charge is 2.39. The highest BCUT2D eigenvalue weighted by molar-refractivity contribution is 7.51. The summed E-state index contributed by atoms with van der Waals surface area (Å²) in [6, 6.07) is 6.37. The summed E-state index contributed by atoms with van der Waals surface area (Å²) in [6.45, 7) is 6.34. The molecule has 4 N–H and O–H groups in total. The molecular weight excluding hydrogens is 493 g/mol. The number of ether oxygens (including phenoxy) is 2. The van der Waals surface area contributed by atoms with Gasteiger partial charge < -0.3 is 20.3 Å². The number of nitrogens with zero attached hydrogens (tertiary/aromatic N) is 3. The standard InChI is InChI=1S/C22H32N5O8P/c1-13(2)34-20(29)15(4)26-36(31,32-10-16-8-6-5-7-14(16)3)33-11-18-17(28)9-19(35-18)27-12-24-21(23)25-22(27)30/h5-8,12-13,15,17-19,28H,9-11H2,1-4H3,(H,26,31)(H2,23,25,30)/t15-,17?,18?,19?,36+/m0/s1. The van der Waals surface area contributed by atoms with E-state index in [1.165, 1.54) is 13.3 Å². The summed E-state index contributed by atoms with van der Waals surface area (Å²) in [4.78, 5) is 31.7. The largest absolute Gasteiger partial charge is 0.462 e. The van der Waals surface area contributed by atoms with Crippen molar-refractivity contribution in [3.63, 3.8) is 0 Å². The number of anilines is 1. The molecule has 36 heavy (non-hydrogen) atoms. The zero-order valence-electron chi connectivity index (χ0n) is 20.6. The number of carbonyl (C=O) groups excluding carboxylic acids is 1. The number of hydrogen-bond acceptors (Lipinski definition) is 11.